The topological polar surface area (TPSA) is 77.2 Å². The summed E-state index contributed by atoms with van der Waals surface area (Å²) in [5, 5.41) is 14.0. The van der Waals surface area contributed by atoms with E-state index in [9.17, 15) is 14.9 Å². The summed E-state index contributed by atoms with van der Waals surface area (Å²) >= 11 is 0. The smallest absolute Gasteiger partial charge is 0.285 e. The van der Waals surface area contributed by atoms with Gasteiger partial charge >= 0.3 is 0 Å². The van der Waals surface area contributed by atoms with Crippen LogP contribution in [0, 0.1) is 10.1 Å². The van der Waals surface area contributed by atoms with E-state index in [-0.39, 0.29) is 11.2 Å². The summed E-state index contributed by atoms with van der Waals surface area (Å²) in [5.74, 6) is 0. The molecule has 18 heavy (non-hydrogen) atoms. The zero-order chi connectivity index (χ0) is 13.0. The summed E-state index contributed by atoms with van der Waals surface area (Å²) in [4.78, 5) is 21.8. The molecule has 1 unspecified atom stereocenters. The number of nitrogens with zero attached hydrogens (tertiary/aromatic N) is 2. The first-order valence-corrected chi connectivity index (χ1v) is 6.25. The van der Waals surface area contributed by atoms with Gasteiger partial charge in [0.1, 0.15) is 0 Å². The molecule has 1 saturated heterocycles. The molecule has 98 valence electrons. The van der Waals surface area contributed by atoms with E-state index in [0.29, 0.717) is 12.6 Å². The number of rotatable bonds is 4. The van der Waals surface area contributed by atoms with Crippen LogP contribution in [0.1, 0.15) is 25.7 Å². The van der Waals surface area contributed by atoms with Crippen molar-refractivity contribution in [3.8, 4) is 0 Å². The Morgan fingerprint density at radius 1 is 1.44 bits per heavy atom. The highest BCUT2D eigenvalue weighted by molar-refractivity contribution is 5.24. The fourth-order valence-corrected chi connectivity index (χ4v) is 2.27. The molecule has 0 bridgehead atoms. The predicted octanol–water partition coefficient (Wildman–Crippen LogP) is 1.29. The van der Waals surface area contributed by atoms with Gasteiger partial charge in [-0.1, -0.05) is 6.42 Å². The van der Waals surface area contributed by atoms with Gasteiger partial charge in [-0.25, -0.2) is 0 Å². The Balaban J connectivity index is 2.01. The molecule has 6 heteroatoms. The molecule has 0 aliphatic carbocycles. The third-order valence-electron chi connectivity index (χ3n) is 3.31. The molecule has 0 saturated carbocycles. The molecule has 1 aromatic heterocycles. The van der Waals surface area contributed by atoms with Crippen LogP contribution in [0.5, 0.6) is 0 Å². The molecule has 6 nitrogen and oxygen atoms in total. The maximum atomic E-state index is 11.6. The molecule has 1 fully saturated rings. The summed E-state index contributed by atoms with van der Waals surface area (Å²) in [5.41, 5.74) is -0.220. The first-order valence-electron chi connectivity index (χ1n) is 6.25. The number of hydrogen-bond donors (Lipinski definition) is 1. The van der Waals surface area contributed by atoms with Crippen molar-refractivity contribution in [1.82, 2.24) is 9.88 Å². The summed E-state index contributed by atoms with van der Waals surface area (Å²) < 4.78 is 1.43. The van der Waals surface area contributed by atoms with Crippen molar-refractivity contribution in [2.24, 2.45) is 0 Å². The van der Waals surface area contributed by atoms with Crippen LogP contribution in [0.15, 0.2) is 23.1 Å². The van der Waals surface area contributed by atoms with E-state index in [4.69, 9.17) is 0 Å². The lowest BCUT2D eigenvalue weighted by atomic mass is 10.0. The third-order valence-corrected chi connectivity index (χ3v) is 3.31. The largest absolute Gasteiger partial charge is 0.314 e. The Hall–Kier alpha value is -1.69. The minimum absolute atomic E-state index is 0.0359. The number of aromatic nitrogens is 1. The molecular formula is C12H17N3O3. The van der Waals surface area contributed by atoms with Crippen LogP contribution < -0.4 is 10.9 Å². The Kier molecular flexibility index (Phi) is 4.09. The summed E-state index contributed by atoms with van der Waals surface area (Å²) in [6, 6.07) is 2.93. The van der Waals surface area contributed by atoms with Crippen LogP contribution in [-0.4, -0.2) is 22.1 Å². The van der Waals surface area contributed by atoms with Crippen molar-refractivity contribution in [1.29, 1.82) is 0 Å². The van der Waals surface area contributed by atoms with Gasteiger partial charge in [-0.15, -0.1) is 0 Å². The summed E-state index contributed by atoms with van der Waals surface area (Å²) in [6.45, 7) is 1.55. The van der Waals surface area contributed by atoms with Gasteiger partial charge in [0.05, 0.1) is 11.1 Å². The van der Waals surface area contributed by atoms with E-state index < -0.39 is 4.92 Å². The van der Waals surface area contributed by atoms with Crippen LogP contribution in [0.4, 0.5) is 5.69 Å². The van der Waals surface area contributed by atoms with Crippen LogP contribution in [0.3, 0.4) is 0 Å². The molecule has 0 amide bonds. The molecule has 0 spiro atoms. The van der Waals surface area contributed by atoms with Crippen molar-refractivity contribution in [3.63, 3.8) is 0 Å². The normalized spacial score (nSPS) is 19.7. The van der Waals surface area contributed by atoms with Gasteiger partial charge in [0.15, 0.2) is 0 Å². The van der Waals surface area contributed by atoms with E-state index in [1.165, 1.54) is 35.7 Å². The Labute approximate surface area is 105 Å². The van der Waals surface area contributed by atoms with Crippen molar-refractivity contribution in [2.45, 2.75) is 38.3 Å². The number of aryl methyl sites for hydroxylation is 1. The van der Waals surface area contributed by atoms with Crippen LogP contribution in [0.2, 0.25) is 0 Å². The predicted molar refractivity (Wildman–Crippen MR) is 67.6 cm³/mol. The molecule has 0 radical (unpaired) electrons. The molecule has 1 aliphatic rings. The maximum absolute atomic E-state index is 11.6. The summed E-state index contributed by atoms with van der Waals surface area (Å²) in [7, 11) is 0. The van der Waals surface area contributed by atoms with Crippen molar-refractivity contribution < 1.29 is 4.92 Å². The number of nitrogens with one attached hydrogen (secondary N) is 1. The van der Waals surface area contributed by atoms with Crippen LogP contribution in [-0.2, 0) is 6.54 Å². The Bertz CT molecular complexity index is 478. The van der Waals surface area contributed by atoms with Gasteiger partial charge in [0.2, 0.25) is 0 Å². The Morgan fingerprint density at radius 2 is 2.28 bits per heavy atom. The van der Waals surface area contributed by atoms with Crippen molar-refractivity contribution in [2.75, 3.05) is 6.54 Å². The number of pyridine rings is 1. The number of nitro groups is 1. The lowest BCUT2D eigenvalue weighted by Gasteiger charge is -2.23. The molecule has 1 aliphatic heterocycles. The molecule has 1 atom stereocenters. The number of piperidine rings is 1. The van der Waals surface area contributed by atoms with Crippen molar-refractivity contribution >= 4 is 5.69 Å². The van der Waals surface area contributed by atoms with E-state index in [1.807, 2.05) is 0 Å². The number of hydrogen-bond acceptors (Lipinski definition) is 4. The van der Waals surface area contributed by atoms with E-state index in [1.54, 1.807) is 0 Å². The third kappa shape index (κ3) is 3.16. The fourth-order valence-electron chi connectivity index (χ4n) is 2.27. The molecular weight excluding hydrogens is 234 g/mol. The van der Waals surface area contributed by atoms with E-state index in [2.05, 4.69) is 5.32 Å². The fraction of sp³-hybridized carbons (Fsp3) is 0.583. The van der Waals surface area contributed by atoms with Gasteiger partial charge in [-0.2, -0.15) is 0 Å². The van der Waals surface area contributed by atoms with E-state index >= 15 is 0 Å². The molecule has 2 rings (SSSR count). The second-order valence-corrected chi connectivity index (χ2v) is 4.61. The van der Waals surface area contributed by atoms with Gasteiger partial charge in [-0.3, -0.25) is 14.9 Å². The highest BCUT2D eigenvalue weighted by atomic mass is 16.6. The quantitative estimate of drug-likeness (QED) is 0.646. The molecule has 2 heterocycles. The van der Waals surface area contributed by atoms with Crippen LogP contribution in [0.25, 0.3) is 0 Å². The SMILES string of the molecule is O=c1ccc([N+](=O)[O-])cn1CCC1CCCCN1. The average Bonchev–Trinajstić information content (AvgIpc) is 2.38. The zero-order valence-electron chi connectivity index (χ0n) is 10.2. The maximum Gasteiger partial charge on any atom is 0.285 e. The first-order chi connectivity index (χ1) is 8.66. The molecule has 0 aromatic carbocycles. The van der Waals surface area contributed by atoms with Crippen molar-refractivity contribution in [3.05, 3.63) is 38.8 Å². The lowest BCUT2D eigenvalue weighted by molar-refractivity contribution is -0.385. The average molecular weight is 251 g/mol. The minimum atomic E-state index is -0.477. The van der Waals surface area contributed by atoms with Gasteiger partial charge < -0.3 is 9.88 Å². The second-order valence-electron chi connectivity index (χ2n) is 4.61. The molecule has 1 N–H and O–H groups in total. The van der Waals surface area contributed by atoms with Gasteiger partial charge in [-0.05, 0) is 25.8 Å². The Morgan fingerprint density at radius 3 is 2.94 bits per heavy atom. The van der Waals surface area contributed by atoms with Crippen LogP contribution >= 0.6 is 0 Å². The second kappa shape index (κ2) is 5.77. The van der Waals surface area contributed by atoms with Gasteiger partial charge in [0, 0.05) is 24.7 Å². The minimum Gasteiger partial charge on any atom is -0.314 e. The highest BCUT2D eigenvalue weighted by Gasteiger charge is 2.13. The highest BCUT2D eigenvalue weighted by Crippen LogP contribution is 2.12. The zero-order valence-corrected chi connectivity index (χ0v) is 10.2. The molecule has 1 aromatic rings. The standard InChI is InChI=1S/C12H17N3O3/c16-12-5-4-11(15(17)18)9-14(12)8-6-10-3-1-2-7-13-10/h4-5,9-10,13H,1-3,6-8H2. The summed E-state index contributed by atoms with van der Waals surface area (Å²) in [6.07, 6.45) is 5.69. The van der Waals surface area contributed by atoms with E-state index in [0.717, 1.165) is 19.4 Å². The first kappa shape index (κ1) is 12.8. The van der Waals surface area contributed by atoms with Gasteiger partial charge in [0.25, 0.3) is 11.2 Å². The lowest BCUT2D eigenvalue weighted by Crippen LogP contribution is -2.35. The monoisotopic (exact) mass is 251 g/mol.